The molecular formula is C16H20N2O2. The summed E-state index contributed by atoms with van der Waals surface area (Å²) in [6.07, 6.45) is 5.77. The van der Waals surface area contributed by atoms with Gasteiger partial charge in [0.2, 0.25) is 0 Å². The van der Waals surface area contributed by atoms with E-state index in [1.165, 1.54) is 0 Å². The van der Waals surface area contributed by atoms with Crippen molar-refractivity contribution in [1.29, 1.82) is 0 Å². The van der Waals surface area contributed by atoms with Crippen LogP contribution in [0.2, 0.25) is 0 Å². The molecule has 0 saturated heterocycles. The Morgan fingerprint density at radius 2 is 2.25 bits per heavy atom. The van der Waals surface area contributed by atoms with E-state index in [2.05, 4.69) is 11.2 Å². The predicted octanol–water partition coefficient (Wildman–Crippen LogP) is 3.03. The highest BCUT2D eigenvalue weighted by Gasteiger charge is 2.28. The van der Waals surface area contributed by atoms with E-state index < -0.39 is 5.60 Å². The summed E-state index contributed by atoms with van der Waals surface area (Å²) in [5.41, 5.74) is 2.56. The summed E-state index contributed by atoms with van der Waals surface area (Å²) >= 11 is 0. The van der Waals surface area contributed by atoms with Gasteiger partial charge in [0.25, 0.3) is 0 Å². The molecule has 1 aliphatic heterocycles. The second kappa shape index (κ2) is 5.46. The van der Waals surface area contributed by atoms with Crippen LogP contribution in [-0.2, 0) is 11.2 Å². The largest absolute Gasteiger partial charge is 0.443 e. The highest BCUT2D eigenvalue weighted by atomic mass is 16.6. The van der Waals surface area contributed by atoms with Crippen molar-refractivity contribution < 1.29 is 9.53 Å². The van der Waals surface area contributed by atoms with Crippen LogP contribution in [0.1, 0.15) is 26.3 Å². The van der Waals surface area contributed by atoms with E-state index in [4.69, 9.17) is 11.2 Å². The second-order valence-electron chi connectivity index (χ2n) is 5.78. The summed E-state index contributed by atoms with van der Waals surface area (Å²) in [6.45, 7) is 6.76. The Hall–Kier alpha value is -2.15. The van der Waals surface area contributed by atoms with E-state index in [1.807, 2.05) is 39.0 Å². The molecule has 0 aliphatic carbocycles. The number of hydrogen-bond donors (Lipinski definition) is 1. The summed E-state index contributed by atoms with van der Waals surface area (Å²) in [7, 11) is 0. The van der Waals surface area contributed by atoms with Crippen LogP contribution in [0.3, 0.4) is 0 Å². The fourth-order valence-electron chi connectivity index (χ4n) is 2.17. The van der Waals surface area contributed by atoms with Crippen molar-refractivity contribution in [2.75, 3.05) is 23.3 Å². The number of nitrogens with one attached hydrogen (secondary N) is 1. The highest BCUT2D eigenvalue weighted by molar-refractivity contribution is 5.91. The fourth-order valence-corrected chi connectivity index (χ4v) is 2.17. The van der Waals surface area contributed by atoms with Crippen molar-refractivity contribution in [3.8, 4) is 12.3 Å². The third-order valence-corrected chi connectivity index (χ3v) is 2.98. The first-order valence-electron chi connectivity index (χ1n) is 6.71. The smallest absolute Gasteiger partial charge is 0.414 e. The Balaban J connectivity index is 2.13. The molecule has 1 heterocycles. The topological polar surface area (TPSA) is 41.6 Å². The van der Waals surface area contributed by atoms with Crippen LogP contribution in [0.4, 0.5) is 16.2 Å². The number of rotatable bonds is 2. The Bertz CT molecular complexity index is 553. The molecule has 1 amide bonds. The van der Waals surface area contributed by atoms with E-state index >= 15 is 0 Å². The molecule has 1 aliphatic rings. The molecule has 2 rings (SSSR count). The number of anilines is 2. The van der Waals surface area contributed by atoms with Crippen molar-refractivity contribution >= 4 is 17.5 Å². The molecule has 106 valence electrons. The van der Waals surface area contributed by atoms with Crippen LogP contribution >= 0.6 is 0 Å². The monoisotopic (exact) mass is 272 g/mol. The number of carbonyl (C=O) groups excluding carboxylic acids is 1. The molecule has 0 saturated carbocycles. The zero-order valence-corrected chi connectivity index (χ0v) is 12.2. The maximum Gasteiger partial charge on any atom is 0.414 e. The van der Waals surface area contributed by atoms with Crippen molar-refractivity contribution in [3.63, 3.8) is 0 Å². The van der Waals surface area contributed by atoms with E-state index in [0.29, 0.717) is 13.1 Å². The molecule has 0 aromatic heterocycles. The van der Waals surface area contributed by atoms with Crippen LogP contribution in [0.25, 0.3) is 0 Å². The predicted molar refractivity (Wildman–Crippen MR) is 81.0 cm³/mol. The van der Waals surface area contributed by atoms with Crippen LogP contribution in [0.15, 0.2) is 18.2 Å². The van der Waals surface area contributed by atoms with Gasteiger partial charge in [0.05, 0.1) is 12.2 Å². The number of ether oxygens (including phenoxy) is 1. The third-order valence-electron chi connectivity index (χ3n) is 2.98. The minimum Gasteiger partial charge on any atom is -0.443 e. The van der Waals surface area contributed by atoms with Crippen molar-refractivity contribution in [2.24, 2.45) is 0 Å². The quantitative estimate of drug-likeness (QED) is 0.841. The lowest BCUT2D eigenvalue weighted by Crippen LogP contribution is -2.35. The lowest BCUT2D eigenvalue weighted by molar-refractivity contribution is 0.0584. The molecule has 0 bridgehead atoms. The van der Waals surface area contributed by atoms with Crippen molar-refractivity contribution in [2.45, 2.75) is 32.8 Å². The number of benzene rings is 1. The molecule has 4 heteroatoms. The summed E-state index contributed by atoms with van der Waals surface area (Å²) in [4.78, 5) is 13.8. The maximum atomic E-state index is 12.1. The Morgan fingerprint density at radius 3 is 2.90 bits per heavy atom. The molecule has 0 atom stereocenters. The molecule has 0 fully saturated rings. The molecule has 20 heavy (non-hydrogen) atoms. The number of nitrogens with zero attached hydrogens (tertiary/aromatic N) is 1. The van der Waals surface area contributed by atoms with Gasteiger partial charge in [-0.05, 0) is 51.0 Å². The molecule has 1 aromatic carbocycles. The highest BCUT2D eigenvalue weighted by Crippen LogP contribution is 2.31. The first kappa shape index (κ1) is 14.3. The van der Waals surface area contributed by atoms with E-state index in [9.17, 15) is 4.79 Å². The molecule has 1 aromatic rings. The van der Waals surface area contributed by atoms with Crippen LogP contribution in [-0.4, -0.2) is 24.8 Å². The molecular weight excluding hydrogens is 252 g/mol. The molecule has 1 N–H and O–H groups in total. The minimum absolute atomic E-state index is 0.291. The summed E-state index contributed by atoms with van der Waals surface area (Å²) in [5, 5.41) is 3.14. The normalized spacial score (nSPS) is 13.6. The minimum atomic E-state index is -0.478. The summed E-state index contributed by atoms with van der Waals surface area (Å²) in [6, 6.07) is 5.90. The molecule has 4 nitrogen and oxygen atoms in total. The maximum absolute atomic E-state index is 12.1. The SMILES string of the molecule is C#CCNc1ccc2c(c1)CCN2C(=O)OC(C)(C)C. The van der Waals surface area contributed by atoms with Crippen molar-refractivity contribution in [3.05, 3.63) is 23.8 Å². The lowest BCUT2D eigenvalue weighted by atomic mass is 10.1. The Morgan fingerprint density at radius 1 is 1.50 bits per heavy atom. The van der Waals surface area contributed by atoms with E-state index in [0.717, 1.165) is 23.4 Å². The van der Waals surface area contributed by atoms with Gasteiger partial charge in [-0.3, -0.25) is 4.90 Å². The van der Waals surface area contributed by atoms with Gasteiger partial charge < -0.3 is 10.1 Å². The van der Waals surface area contributed by atoms with Gasteiger partial charge in [-0.15, -0.1) is 6.42 Å². The van der Waals surface area contributed by atoms with Gasteiger partial charge in [-0.25, -0.2) is 4.79 Å². The van der Waals surface area contributed by atoms with E-state index in [-0.39, 0.29) is 6.09 Å². The van der Waals surface area contributed by atoms with Gasteiger partial charge in [0.15, 0.2) is 0 Å². The van der Waals surface area contributed by atoms with Crippen LogP contribution < -0.4 is 10.2 Å². The third kappa shape index (κ3) is 3.24. The lowest BCUT2D eigenvalue weighted by Gasteiger charge is -2.24. The van der Waals surface area contributed by atoms with Gasteiger partial charge in [-0.2, -0.15) is 0 Å². The van der Waals surface area contributed by atoms with Gasteiger partial charge in [0.1, 0.15) is 5.60 Å². The second-order valence-corrected chi connectivity index (χ2v) is 5.78. The van der Waals surface area contributed by atoms with Gasteiger partial charge >= 0.3 is 6.09 Å². The number of terminal acetylenes is 1. The van der Waals surface area contributed by atoms with Crippen LogP contribution in [0, 0.1) is 12.3 Å². The summed E-state index contributed by atoms with van der Waals surface area (Å²) < 4.78 is 5.42. The standard InChI is InChI=1S/C16H20N2O2/c1-5-9-17-13-6-7-14-12(11-13)8-10-18(14)15(19)20-16(2,3)4/h1,6-7,11,17H,8-10H2,2-4H3. The van der Waals surface area contributed by atoms with E-state index in [1.54, 1.807) is 4.90 Å². The number of hydrogen-bond acceptors (Lipinski definition) is 3. The number of fused-ring (bicyclic) bond motifs is 1. The first-order valence-corrected chi connectivity index (χ1v) is 6.71. The first-order chi connectivity index (χ1) is 9.40. The number of amides is 1. The molecule has 0 unspecified atom stereocenters. The van der Waals surface area contributed by atoms with Gasteiger partial charge in [0, 0.05) is 12.2 Å². The Kier molecular flexibility index (Phi) is 3.89. The van der Waals surface area contributed by atoms with Gasteiger partial charge in [-0.1, -0.05) is 5.92 Å². The zero-order valence-electron chi connectivity index (χ0n) is 12.2. The fraction of sp³-hybridized carbons (Fsp3) is 0.438. The average Bonchev–Trinajstić information content (AvgIpc) is 2.77. The number of carbonyl (C=O) groups is 1. The summed E-state index contributed by atoms with van der Waals surface area (Å²) in [5.74, 6) is 2.54. The molecule has 0 spiro atoms. The molecule has 0 radical (unpaired) electrons. The Labute approximate surface area is 120 Å². The van der Waals surface area contributed by atoms with Crippen LogP contribution in [0.5, 0.6) is 0 Å². The van der Waals surface area contributed by atoms with Crippen molar-refractivity contribution in [1.82, 2.24) is 0 Å². The average molecular weight is 272 g/mol. The zero-order chi connectivity index (χ0) is 14.8.